The highest BCUT2D eigenvalue weighted by molar-refractivity contribution is 7.07. The van der Waals surface area contributed by atoms with Crippen LogP contribution in [0.1, 0.15) is 41.0 Å². The number of fused-ring (bicyclic) bond motifs is 1. The Morgan fingerprint density at radius 2 is 2.11 bits per heavy atom. The molecule has 3 aromatic rings. The van der Waals surface area contributed by atoms with Gasteiger partial charge in [0.15, 0.2) is 5.01 Å². The van der Waals surface area contributed by atoms with Crippen LogP contribution in [0.5, 0.6) is 0 Å². The predicted molar refractivity (Wildman–Crippen MR) is 75.7 cm³/mol. The van der Waals surface area contributed by atoms with E-state index in [1.807, 2.05) is 38.1 Å². The second-order valence-electron chi connectivity index (χ2n) is 4.69. The molecule has 0 fully saturated rings. The maximum atomic E-state index is 12.4. The van der Waals surface area contributed by atoms with Gasteiger partial charge in [0.25, 0.3) is 0 Å². The number of nitrogens with zero attached hydrogens (tertiary/aromatic N) is 2. The number of ketones is 1. The highest BCUT2D eigenvalue weighted by Crippen LogP contribution is 2.22. The molecule has 0 aliphatic heterocycles. The molecule has 0 saturated carbocycles. The summed E-state index contributed by atoms with van der Waals surface area (Å²) in [6, 6.07) is 7.75. The molecule has 0 bridgehead atoms. The van der Waals surface area contributed by atoms with Gasteiger partial charge in [-0.25, -0.2) is 4.98 Å². The molecule has 1 aromatic carbocycles. The first kappa shape index (κ1) is 12.0. The van der Waals surface area contributed by atoms with Gasteiger partial charge in [0.1, 0.15) is 5.82 Å². The van der Waals surface area contributed by atoms with Gasteiger partial charge in [-0.1, -0.05) is 32.0 Å². The fourth-order valence-corrected chi connectivity index (χ4v) is 2.70. The summed E-state index contributed by atoms with van der Waals surface area (Å²) in [5.74, 6) is 0.899. The van der Waals surface area contributed by atoms with Crippen molar-refractivity contribution < 1.29 is 4.79 Å². The smallest absolute Gasteiger partial charge is 0.225 e. The molecule has 0 unspecified atom stereocenters. The zero-order chi connectivity index (χ0) is 13.4. The molecular weight excluding hydrogens is 258 g/mol. The number of para-hydroxylation sites is 1. The van der Waals surface area contributed by atoms with Gasteiger partial charge < -0.3 is 4.98 Å². The Morgan fingerprint density at radius 1 is 1.32 bits per heavy atom. The third-order valence-electron chi connectivity index (χ3n) is 2.99. The van der Waals surface area contributed by atoms with Crippen LogP contribution in [0.15, 0.2) is 30.5 Å². The molecule has 3 rings (SSSR count). The minimum Gasteiger partial charge on any atom is -0.360 e. The average Bonchev–Trinajstić information content (AvgIpc) is 3.05. The van der Waals surface area contributed by atoms with Gasteiger partial charge in [-0.05, 0) is 17.6 Å². The Morgan fingerprint density at radius 3 is 2.84 bits per heavy atom. The molecule has 0 aliphatic rings. The molecule has 0 saturated heterocycles. The van der Waals surface area contributed by atoms with E-state index in [1.165, 1.54) is 11.5 Å². The fourth-order valence-electron chi connectivity index (χ4n) is 1.94. The number of H-pyrrole nitrogens is 1. The van der Waals surface area contributed by atoms with Crippen LogP contribution in [-0.2, 0) is 0 Å². The molecule has 0 amide bonds. The number of carbonyl (C=O) groups excluding carboxylic acids is 1. The predicted octanol–water partition coefficient (Wildman–Crippen LogP) is 3.37. The average molecular weight is 271 g/mol. The molecule has 2 aromatic heterocycles. The number of aromatic amines is 1. The summed E-state index contributed by atoms with van der Waals surface area (Å²) in [5.41, 5.74) is 1.61. The summed E-state index contributed by atoms with van der Waals surface area (Å²) in [5, 5.41) is 1.38. The standard InChI is InChI=1S/C14H13N3OS/c1-8(2)13-16-14(19-17-13)12(18)10-7-15-11-6-4-3-5-9(10)11/h3-8,15H,1-2H3. The van der Waals surface area contributed by atoms with E-state index in [2.05, 4.69) is 14.3 Å². The highest BCUT2D eigenvalue weighted by Gasteiger charge is 2.19. The number of aromatic nitrogens is 3. The van der Waals surface area contributed by atoms with Gasteiger partial charge >= 0.3 is 0 Å². The Bertz CT molecular complexity index is 742. The number of carbonyl (C=O) groups is 1. The lowest BCUT2D eigenvalue weighted by Gasteiger charge is -1.96. The van der Waals surface area contributed by atoms with Crippen LogP contribution in [-0.4, -0.2) is 20.1 Å². The van der Waals surface area contributed by atoms with Gasteiger partial charge in [-0.15, -0.1) is 0 Å². The number of hydrogen-bond acceptors (Lipinski definition) is 4. The van der Waals surface area contributed by atoms with Crippen molar-refractivity contribution in [3.05, 3.63) is 46.9 Å². The summed E-state index contributed by atoms with van der Waals surface area (Å²) < 4.78 is 4.23. The first-order valence-electron chi connectivity index (χ1n) is 6.11. The summed E-state index contributed by atoms with van der Waals surface area (Å²) in [7, 11) is 0. The van der Waals surface area contributed by atoms with Crippen LogP contribution >= 0.6 is 11.5 Å². The van der Waals surface area contributed by atoms with E-state index in [0.717, 1.165) is 16.7 Å². The Hall–Kier alpha value is -2.01. The van der Waals surface area contributed by atoms with Crippen molar-refractivity contribution in [2.45, 2.75) is 19.8 Å². The van der Waals surface area contributed by atoms with Crippen LogP contribution in [0, 0.1) is 0 Å². The van der Waals surface area contributed by atoms with E-state index in [0.29, 0.717) is 10.6 Å². The van der Waals surface area contributed by atoms with Gasteiger partial charge in [0, 0.05) is 23.0 Å². The van der Waals surface area contributed by atoms with E-state index in [1.54, 1.807) is 6.20 Å². The van der Waals surface area contributed by atoms with E-state index < -0.39 is 0 Å². The fraction of sp³-hybridized carbons (Fsp3) is 0.214. The van der Waals surface area contributed by atoms with Gasteiger partial charge in [-0.3, -0.25) is 4.79 Å². The van der Waals surface area contributed by atoms with E-state index in [9.17, 15) is 4.79 Å². The summed E-state index contributed by atoms with van der Waals surface area (Å²) >= 11 is 1.17. The van der Waals surface area contributed by atoms with E-state index in [4.69, 9.17) is 0 Å². The zero-order valence-corrected chi connectivity index (χ0v) is 11.5. The van der Waals surface area contributed by atoms with Crippen molar-refractivity contribution in [1.82, 2.24) is 14.3 Å². The lowest BCUT2D eigenvalue weighted by Crippen LogP contribution is -2.00. The van der Waals surface area contributed by atoms with Gasteiger partial charge in [0.05, 0.1) is 5.56 Å². The maximum Gasteiger partial charge on any atom is 0.225 e. The third-order valence-corrected chi connectivity index (χ3v) is 3.71. The summed E-state index contributed by atoms with van der Waals surface area (Å²) in [4.78, 5) is 19.9. The van der Waals surface area contributed by atoms with Crippen molar-refractivity contribution >= 4 is 28.2 Å². The topological polar surface area (TPSA) is 58.6 Å². The van der Waals surface area contributed by atoms with Crippen LogP contribution in [0.4, 0.5) is 0 Å². The zero-order valence-electron chi connectivity index (χ0n) is 10.7. The number of nitrogens with one attached hydrogen (secondary N) is 1. The second kappa shape index (κ2) is 4.59. The summed E-state index contributed by atoms with van der Waals surface area (Å²) in [6.45, 7) is 4.03. The van der Waals surface area contributed by atoms with Gasteiger partial charge in [-0.2, -0.15) is 4.37 Å². The first-order valence-corrected chi connectivity index (χ1v) is 6.88. The third kappa shape index (κ3) is 2.06. The number of hydrogen-bond donors (Lipinski definition) is 1. The molecule has 0 spiro atoms. The molecule has 96 valence electrons. The molecule has 2 heterocycles. The quantitative estimate of drug-likeness (QED) is 0.743. The Kier molecular flexibility index (Phi) is 2.91. The number of rotatable bonds is 3. The first-order chi connectivity index (χ1) is 9.16. The molecule has 1 N–H and O–H groups in total. The normalized spacial score (nSPS) is 11.3. The van der Waals surface area contributed by atoms with Crippen molar-refractivity contribution in [3.8, 4) is 0 Å². The molecule has 4 nitrogen and oxygen atoms in total. The highest BCUT2D eigenvalue weighted by atomic mass is 32.1. The van der Waals surface area contributed by atoms with Crippen LogP contribution in [0.25, 0.3) is 10.9 Å². The van der Waals surface area contributed by atoms with Crippen molar-refractivity contribution in [3.63, 3.8) is 0 Å². The van der Waals surface area contributed by atoms with E-state index >= 15 is 0 Å². The SMILES string of the molecule is CC(C)c1nsc(C(=O)c2c[nH]c3ccccc23)n1. The molecule has 5 heteroatoms. The van der Waals surface area contributed by atoms with Crippen molar-refractivity contribution in [1.29, 1.82) is 0 Å². The maximum absolute atomic E-state index is 12.4. The molecule has 19 heavy (non-hydrogen) atoms. The Balaban J connectivity index is 2.03. The molecule has 0 aliphatic carbocycles. The largest absolute Gasteiger partial charge is 0.360 e. The summed E-state index contributed by atoms with van der Waals surface area (Å²) in [6.07, 6.45) is 1.74. The van der Waals surface area contributed by atoms with Crippen LogP contribution in [0.3, 0.4) is 0 Å². The second-order valence-corrected chi connectivity index (χ2v) is 5.44. The minimum atomic E-state index is -0.0677. The Labute approximate surface area is 114 Å². The molecule has 0 radical (unpaired) electrons. The number of benzene rings is 1. The van der Waals surface area contributed by atoms with Crippen LogP contribution < -0.4 is 0 Å². The van der Waals surface area contributed by atoms with Gasteiger partial charge in [0.2, 0.25) is 5.78 Å². The van der Waals surface area contributed by atoms with E-state index in [-0.39, 0.29) is 11.7 Å². The minimum absolute atomic E-state index is 0.0677. The lowest BCUT2D eigenvalue weighted by molar-refractivity contribution is 0.104. The monoisotopic (exact) mass is 271 g/mol. The molecule has 0 atom stereocenters. The lowest BCUT2D eigenvalue weighted by atomic mass is 10.1. The van der Waals surface area contributed by atoms with Crippen LogP contribution in [0.2, 0.25) is 0 Å². The van der Waals surface area contributed by atoms with Crippen molar-refractivity contribution in [2.24, 2.45) is 0 Å². The molecular formula is C14H13N3OS. The van der Waals surface area contributed by atoms with Crippen molar-refractivity contribution in [2.75, 3.05) is 0 Å².